The van der Waals surface area contributed by atoms with Crippen LogP contribution in [0.3, 0.4) is 0 Å². The van der Waals surface area contributed by atoms with Gasteiger partial charge in [-0.05, 0) is 12.1 Å². The summed E-state index contributed by atoms with van der Waals surface area (Å²) >= 11 is 5.78. The Bertz CT molecular complexity index is 519. The number of hydrogen-bond donors (Lipinski definition) is 1. The molecule has 88 valence electrons. The largest absolute Gasteiger partial charge is 0.481 e. The Labute approximate surface area is 103 Å². The first-order valence-corrected chi connectivity index (χ1v) is 5.46. The van der Waals surface area contributed by atoms with Crippen LogP contribution in [-0.2, 0) is 11.2 Å². The number of benzene rings is 1. The third-order valence-corrected chi connectivity index (χ3v) is 2.54. The second-order valence-corrected chi connectivity index (χ2v) is 4.02. The Morgan fingerprint density at radius 3 is 2.71 bits per heavy atom. The first-order valence-electron chi connectivity index (χ1n) is 5.08. The van der Waals surface area contributed by atoms with E-state index in [0.717, 1.165) is 5.56 Å². The monoisotopic (exact) mass is 251 g/mol. The van der Waals surface area contributed by atoms with E-state index in [4.69, 9.17) is 21.2 Å². The fraction of sp³-hybridized carbons (Fsp3) is 0.167. The number of carboxylic acids is 1. The van der Waals surface area contributed by atoms with Crippen LogP contribution in [0.25, 0.3) is 11.3 Å². The van der Waals surface area contributed by atoms with Gasteiger partial charge in [-0.15, -0.1) is 0 Å². The molecule has 1 heterocycles. The quantitative estimate of drug-likeness (QED) is 0.907. The second-order valence-electron chi connectivity index (χ2n) is 3.58. The van der Waals surface area contributed by atoms with Crippen LogP contribution in [-0.4, -0.2) is 16.2 Å². The summed E-state index contributed by atoms with van der Waals surface area (Å²) in [7, 11) is 0. The van der Waals surface area contributed by atoms with Gasteiger partial charge in [0.2, 0.25) is 0 Å². The number of carboxylic acid groups (broad SMARTS) is 1. The zero-order valence-electron chi connectivity index (χ0n) is 8.89. The molecule has 0 saturated carbocycles. The minimum atomic E-state index is -0.852. The predicted molar refractivity (Wildman–Crippen MR) is 62.9 cm³/mol. The first kappa shape index (κ1) is 11.7. The molecule has 5 heteroatoms. The van der Waals surface area contributed by atoms with Crippen LogP contribution in [0.15, 0.2) is 34.9 Å². The van der Waals surface area contributed by atoms with E-state index in [1.807, 2.05) is 12.1 Å². The van der Waals surface area contributed by atoms with Gasteiger partial charge in [-0.2, -0.15) is 0 Å². The highest BCUT2D eigenvalue weighted by atomic mass is 35.5. The Hall–Kier alpha value is -1.81. The molecule has 1 N–H and O–H groups in total. The molecule has 0 amide bonds. The molecule has 1 aromatic carbocycles. The minimum Gasteiger partial charge on any atom is -0.481 e. The van der Waals surface area contributed by atoms with Crippen LogP contribution >= 0.6 is 11.6 Å². The van der Waals surface area contributed by atoms with Crippen molar-refractivity contribution in [2.75, 3.05) is 0 Å². The summed E-state index contributed by atoms with van der Waals surface area (Å²) in [6.07, 6.45) is 0.380. The standard InChI is InChI=1S/C12H10ClNO3/c13-9-3-1-8(2-4-9)11-7-10(17-14-11)5-6-12(15)16/h1-4,7H,5-6H2,(H,15,16). The fourth-order valence-electron chi connectivity index (χ4n) is 1.42. The number of carbonyl (C=O) groups is 1. The summed E-state index contributed by atoms with van der Waals surface area (Å²) in [5.41, 5.74) is 1.57. The Balaban J connectivity index is 2.12. The third-order valence-electron chi connectivity index (χ3n) is 2.28. The topological polar surface area (TPSA) is 63.3 Å². The fourth-order valence-corrected chi connectivity index (χ4v) is 1.54. The van der Waals surface area contributed by atoms with Crippen molar-refractivity contribution >= 4 is 17.6 Å². The highest BCUT2D eigenvalue weighted by Crippen LogP contribution is 2.21. The summed E-state index contributed by atoms with van der Waals surface area (Å²) in [6.45, 7) is 0. The Morgan fingerprint density at radius 2 is 2.06 bits per heavy atom. The molecule has 0 radical (unpaired) electrons. The average molecular weight is 252 g/mol. The summed E-state index contributed by atoms with van der Waals surface area (Å²) in [5, 5.41) is 13.1. The summed E-state index contributed by atoms with van der Waals surface area (Å²) in [5.74, 6) is -0.285. The van der Waals surface area contributed by atoms with Gasteiger partial charge in [0.15, 0.2) is 0 Å². The van der Waals surface area contributed by atoms with E-state index in [2.05, 4.69) is 5.16 Å². The van der Waals surface area contributed by atoms with Gasteiger partial charge in [0.1, 0.15) is 11.5 Å². The van der Waals surface area contributed by atoms with Gasteiger partial charge in [0.25, 0.3) is 0 Å². The highest BCUT2D eigenvalue weighted by molar-refractivity contribution is 6.30. The van der Waals surface area contributed by atoms with Crippen molar-refractivity contribution in [3.63, 3.8) is 0 Å². The number of aryl methyl sites for hydroxylation is 1. The van der Waals surface area contributed by atoms with Crippen molar-refractivity contribution < 1.29 is 14.4 Å². The van der Waals surface area contributed by atoms with Crippen molar-refractivity contribution in [1.29, 1.82) is 0 Å². The molecule has 0 saturated heterocycles. The number of halogens is 1. The van der Waals surface area contributed by atoms with Crippen LogP contribution in [0.2, 0.25) is 5.02 Å². The lowest BCUT2D eigenvalue weighted by atomic mass is 10.1. The number of aromatic nitrogens is 1. The lowest BCUT2D eigenvalue weighted by Gasteiger charge is -1.94. The Kier molecular flexibility index (Phi) is 3.44. The lowest BCUT2D eigenvalue weighted by molar-refractivity contribution is -0.137. The normalized spacial score (nSPS) is 10.4. The van der Waals surface area contributed by atoms with E-state index in [-0.39, 0.29) is 6.42 Å². The summed E-state index contributed by atoms with van der Waals surface area (Å²) in [4.78, 5) is 10.4. The van der Waals surface area contributed by atoms with Gasteiger partial charge in [0.05, 0.1) is 6.42 Å². The smallest absolute Gasteiger partial charge is 0.303 e. The van der Waals surface area contributed by atoms with Crippen molar-refractivity contribution in [2.45, 2.75) is 12.8 Å². The molecule has 2 aromatic rings. The third kappa shape index (κ3) is 3.07. The lowest BCUT2D eigenvalue weighted by Crippen LogP contribution is -1.96. The van der Waals surface area contributed by atoms with Crippen LogP contribution < -0.4 is 0 Å². The molecule has 4 nitrogen and oxygen atoms in total. The van der Waals surface area contributed by atoms with Crippen molar-refractivity contribution in [3.05, 3.63) is 41.1 Å². The van der Waals surface area contributed by atoms with Crippen molar-refractivity contribution in [3.8, 4) is 11.3 Å². The van der Waals surface area contributed by atoms with Crippen molar-refractivity contribution in [2.24, 2.45) is 0 Å². The van der Waals surface area contributed by atoms with Crippen LogP contribution in [0.5, 0.6) is 0 Å². The van der Waals surface area contributed by atoms with Gasteiger partial charge in [-0.25, -0.2) is 0 Å². The van der Waals surface area contributed by atoms with E-state index in [1.165, 1.54) is 0 Å². The molecular weight excluding hydrogens is 242 g/mol. The highest BCUT2D eigenvalue weighted by Gasteiger charge is 2.08. The van der Waals surface area contributed by atoms with E-state index in [0.29, 0.717) is 22.9 Å². The number of nitrogens with zero attached hydrogens (tertiary/aromatic N) is 1. The molecule has 0 spiro atoms. The molecule has 0 aliphatic carbocycles. The van der Waals surface area contributed by atoms with Gasteiger partial charge in [-0.3, -0.25) is 4.79 Å². The molecular formula is C12H10ClNO3. The maximum Gasteiger partial charge on any atom is 0.303 e. The summed E-state index contributed by atoms with van der Waals surface area (Å²) < 4.78 is 5.05. The molecule has 1 aromatic heterocycles. The molecule has 0 atom stereocenters. The maximum absolute atomic E-state index is 10.4. The molecule has 0 bridgehead atoms. The van der Waals surface area contributed by atoms with E-state index >= 15 is 0 Å². The predicted octanol–water partition coefficient (Wildman–Crippen LogP) is 3.01. The van der Waals surface area contributed by atoms with Gasteiger partial charge < -0.3 is 9.63 Å². The van der Waals surface area contributed by atoms with E-state index in [1.54, 1.807) is 18.2 Å². The number of hydrogen-bond acceptors (Lipinski definition) is 3. The first-order chi connectivity index (χ1) is 8.15. The second kappa shape index (κ2) is 5.01. The SMILES string of the molecule is O=C(O)CCc1cc(-c2ccc(Cl)cc2)no1. The minimum absolute atomic E-state index is 0.0370. The molecule has 17 heavy (non-hydrogen) atoms. The summed E-state index contributed by atoms with van der Waals surface area (Å²) in [6, 6.07) is 8.94. The molecule has 2 rings (SSSR count). The van der Waals surface area contributed by atoms with Gasteiger partial charge in [-0.1, -0.05) is 28.9 Å². The average Bonchev–Trinajstić information content (AvgIpc) is 2.76. The van der Waals surface area contributed by atoms with Gasteiger partial charge >= 0.3 is 5.97 Å². The molecule has 0 aliphatic rings. The zero-order chi connectivity index (χ0) is 12.3. The van der Waals surface area contributed by atoms with E-state index in [9.17, 15) is 4.79 Å². The molecule has 0 aliphatic heterocycles. The Morgan fingerprint density at radius 1 is 1.35 bits per heavy atom. The number of rotatable bonds is 4. The van der Waals surface area contributed by atoms with Crippen LogP contribution in [0.4, 0.5) is 0 Å². The zero-order valence-corrected chi connectivity index (χ0v) is 9.65. The van der Waals surface area contributed by atoms with Crippen LogP contribution in [0, 0.1) is 0 Å². The van der Waals surface area contributed by atoms with Crippen LogP contribution in [0.1, 0.15) is 12.2 Å². The van der Waals surface area contributed by atoms with E-state index < -0.39 is 5.97 Å². The van der Waals surface area contributed by atoms with Gasteiger partial charge in [0, 0.05) is 23.1 Å². The molecule has 0 unspecified atom stereocenters. The maximum atomic E-state index is 10.4. The van der Waals surface area contributed by atoms with Crippen molar-refractivity contribution in [1.82, 2.24) is 5.16 Å². The molecule has 0 fully saturated rings. The number of aliphatic carboxylic acids is 1.